The lowest BCUT2D eigenvalue weighted by Crippen LogP contribution is -1.99. The monoisotopic (exact) mass is 223 g/mol. The van der Waals surface area contributed by atoms with Crippen LogP contribution in [0.15, 0.2) is 59.6 Å². The van der Waals surface area contributed by atoms with Crippen LogP contribution in [-0.4, -0.2) is 11.9 Å². The zero-order chi connectivity index (χ0) is 12.1. The maximum atomic E-state index is 12.0. The number of isocyanates is 1. The Balaban J connectivity index is 2.29. The first kappa shape index (κ1) is 11.0. The first-order chi connectivity index (χ1) is 8.31. The van der Waals surface area contributed by atoms with Crippen LogP contribution in [0.3, 0.4) is 0 Å². The smallest absolute Gasteiger partial charge is 0.240 e. The van der Waals surface area contributed by atoms with Crippen molar-refractivity contribution in [1.82, 2.24) is 0 Å². The Labute approximate surface area is 98.4 Å². The molecule has 3 heteroatoms. The fourth-order valence-electron chi connectivity index (χ4n) is 1.50. The molecule has 0 aliphatic carbocycles. The van der Waals surface area contributed by atoms with Crippen molar-refractivity contribution in [2.45, 2.75) is 0 Å². The highest BCUT2D eigenvalue weighted by Crippen LogP contribution is 2.15. The van der Waals surface area contributed by atoms with Gasteiger partial charge in [-0.15, -0.1) is 0 Å². The highest BCUT2D eigenvalue weighted by molar-refractivity contribution is 6.09. The van der Waals surface area contributed by atoms with E-state index in [0.29, 0.717) is 16.8 Å². The molecule has 0 unspecified atom stereocenters. The summed E-state index contributed by atoms with van der Waals surface area (Å²) in [5.74, 6) is -0.0489. The summed E-state index contributed by atoms with van der Waals surface area (Å²) in [6.07, 6.45) is 1.45. The van der Waals surface area contributed by atoms with Crippen molar-refractivity contribution in [1.29, 1.82) is 0 Å². The van der Waals surface area contributed by atoms with E-state index in [1.165, 1.54) is 6.08 Å². The van der Waals surface area contributed by atoms with Crippen molar-refractivity contribution in [3.8, 4) is 0 Å². The average Bonchev–Trinajstić information content (AvgIpc) is 2.40. The number of benzene rings is 2. The number of nitrogens with zero attached hydrogens (tertiary/aromatic N) is 1. The molecule has 0 bridgehead atoms. The molecule has 0 saturated heterocycles. The van der Waals surface area contributed by atoms with Crippen LogP contribution < -0.4 is 0 Å². The molecule has 2 rings (SSSR count). The molecule has 0 aliphatic rings. The van der Waals surface area contributed by atoms with Gasteiger partial charge in [0.05, 0.1) is 5.69 Å². The summed E-state index contributed by atoms with van der Waals surface area (Å²) in [7, 11) is 0. The number of rotatable bonds is 3. The lowest BCUT2D eigenvalue weighted by molar-refractivity contribution is 0.103. The van der Waals surface area contributed by atoms with Crippen molar-refractivity contribution in [3.05, 3.63) is 65.7 Å². The number of ketones is 1. The third-order valence-corrected chi connectivity index (χ3v) is 2.34. The summed E-state index contributed by atoms with van der Waals surface area (Å²) in [6.45, 7) is 0. The quantitative estimate of drug-likeness (QED) is 0.456. The fraction of sp³-hybridized carbons (Fsp3) is 0. The molecule has 0 aliphatic heterocycles. The molecule has 2 aromatic rings. The van der Waals surface area contributed by atoms with Gasteiger partial charge in [-0.3, -0.25) is 4.79 Å². The summed E-state index contributed by atoms with van der Waals surface area (Å²) in [5, 5.41) is 0. The van der Waals surface area contributed by atoms with Gasteiger partial charge >= 0.3 is 0 Å². The van der Waals surface area contributed by atoms with Gasteiger partial charge in [0.2, 0.25) is 6.08 Å². The molecular weight excluding hydrogens is 214 g/mol. The SMILES string of the molecule is O=C=Nc1ccc(C(=O)c2ccccc2)cc1. The minimum Gasteiger partial charge on any atom is -0.289 e. The normalized spacial score (nSPS) is 9.41. The van der Waals surface area contributed by atoms with Crippen LogP contribution >= 0.6 is 0 Å². The van der Waals surface area contributed by atoms with Crippen molar-refractivity contribution >= 4 is 17.6 Å². The summed E-state index contributed by atoms with van der Waals surface area (Å²) >= 11 is 0. The van der Waals surface area contributed by atoms with Gasteiger partial charge < -0.3 is 0 Å². The molecule has 0 N–H and O–H groups in total. The number of hydrogen-bond donors (Lipinski definition) is 0. The molecule has 0 heterocycles. The number of carbonyl (C=O) groups is 1. The fourth-order valence-corrected chi connectivity index (χ4v) is 1.50. The summed E-state index contributed by atoms with van der Waals surface area (Å²) in [5.41, 5.74) is 1.70. The van der Waals surface area contributed by atoms with Crippen LogP contribution in [0, 0.1) is 0 Å². The third-order valence-electron chi connectivity index (χ3n) is 2.34. The van der Waals surface area contributed by atoms with Crippen molar-refractivity contribution in [2.24, 2.45) is 4.99 Å². The highest BCUT2D eigenvalue weighted by Gasteiger charge is 2.07. The van der Waals surface area contributed by atoms with Gasteiger partial charge in [-0.2, -0.15) is 4.99 Å². The van der Waals surface area contributed by atoms with Crippen molar-refractivity contribution in [2.75, 3.05) is 0 Å². The maximum Gasteiger partial charge on any atom is 0.240 e. The van der Waals surface area contributed by atoms with Gasteiger partial charge in [-0.25, -0.2) is 4.79 Å². The molecule has 0 radical (unpaired) electrons. The maximum absolute atomic E-state index is 12.0. The average molecular weight is 223 g/mol. The van der Waals surface area contributed by atoms with E-state index in [2.05, 4.69) is 4.99 Å². The van der Waals surface area contributed by atoms with Crippen LogP contribution in [-0.2, 0) is 4.79 Å². The van der Waals surface area contributed by atoms with E-state index in [4.69, 9.17) is 0 Å². The number of aliphatic imine (C=N–C) groups is 1. The Kier molecular flexibility index (Phi) is 3.24. The lowest BCUT2D eigenvalue weighted by atomic mass is 10.0. The van der Waals surface area contributed by atoms with E-state index in [1.807, 2.05) is 18.2 Å². The Morgan fingerprint density at radius 2 is 1.47 bits per heavy atom. The van der Waals surface area contributed by atoms with Crippen molar-refractivity contribution in [3.63, 3.8) is 0 Å². The standard InChI is InChI=1S/C14H9NO2/c16-10-15-13-8-6-12(7-9-13)14(17)11-4-2-1-3-5-11/h1-9H. The first-order valence-corrected chi connectivity index (χ1v) is 5.09. The molecular formula is C14H9NO2. The molecule has 17 heavy (non-hydrogen) atoms. The van der Waals surface area contributed by atoms with Crippen LogP contribution in [0.1, 0.15) is 15.9 Å². The van der Waals surface area contributed by atoms with E-state index in [-0.39, 0.29) is 5.78 Å². The molecule has 0 aromatic heterocycles. The largest absolute Gasteiger partial charge is 0.289 e. The summed E-state index contributed by atoms with van der Waals surface area (Å²) < 4.78 is 0. The number of hydrogen-bond acceptors (Lipinski definition) is 3. The first-order valence-electron chi connectivity index (χ1n) is 5.09. The van der Waals surface area contributed by atoms with Gasteiger partial charge in [0, 0.05) is 11.1 Å². The van der Waals surface area contributed by atoms with Gasteiger partial charge in [-0.05, 0) is 24.3 Å². The Morgan fingerprint density at radius 3 is 2.06 bits per heavy atom. The van der Waals surface area contributed by atoms with Crippen LogP contribution in [0.5, 0.6) is 0 Å². The molecule has 0 spiro atoms. The summed E-state index contributed by atoms with van der Waals surface area (Å²) in [4.78, 5) is 25.5. The second kappa shape index (κ2) is 5.01. The Bertz CT molecular complexity index is 567. The predicted octanol–water partition coefficient (Wildman–Crippen LogP) is 2.88. The van der Waals surface area contributed by atoms with Gasteiger partial charge in [0.1, 0.15) is 0 Å². The molecule has 3 nitrogen and oxygen atoms in total. The predicted molar refractivity (Wildman–Crippen MR) is 64.1 cm³/mol. The van der Waals surface area contributed by atoms with Crippen LogP contribution in [0.25, 0.3) is 0 Å². The molecule has 0 fully saturated rings. The van der Waals surface area contributed by atoms with Crippen molar-refractivity contribution < 1.29 is 9.59 Å². The lowest BCUT2D eigenvalue weighted by Gasteiger charge is -2.00. The second-order valence-electron chi connectivity index (χ2n) is 3.45. The molecule has 0 saturated carbocycles. The van der Waals surface area contributed by atoms with E-state index < -0.39 is 0 Å². The molecule has 2 aromatic carbocycles. The Hall–Kier alpha value is -2.51. The zero-order valence-electron chi connectivity index (χ0n) is 8.96. The van der Waals surface area contributed by atoms with Gasteiger partial charge in [0.25, 0.3) is 0 Å². The van der Waals surface area contributed by atoms with Gasteiger partial charge in [-0.1, -0.05) is 30.3 Å². The topological polar surface area (TPSA) is 46.5 Å². The van der Waals surface area contributed by atoms with E-state index >= 15 is 0 Å². The number of carbonyl (C=O) groups excluding carboxylic acids is 2. The minimum atomic E-state index is -0.0489. The van der Waals surface area contributed by atoms with E-state index in [1.54, 1.807) is 36.4 Å². The van der Waals surface area contributed by atoms with Crippen LogP contribution in [0.2, 0.25) is 0 Å². The minimum absolute atomic E-state index is 0.0489. The third kappa shape index (κ3) is 2.54. The molecule has 0 amide bonds. The summed E-state index contributed by atoms with van der Waals surface area (Å²) in [6, 6.07) is 15.5. The second-order valence-corrected chi connectivity index (χ2v) is 3.45. The van der Waals surface area contributed by atoms with Crippen LogP contribution in [0.4, 0.5) is 5.69 Å². The zero-order valence-corrected chi connectivity index (χ0v) is 8.96. The Morgan fingerprint density at radius 1 is 0.882 bits per heavy atom. The van der Waals surface area contributed by atoms with Gasteiger partial charge in [0.15, 0.2) is 5.78 Å². The molecule has 82 valence electrons. The van der Waals surface area contributed by atoms with E-state index in [9.17, 15) is 9.59 Å². The van der Waals surface area contributed by atoms with E-state index in [0.717, 1.165) is 0 Å². The highest BCUT2D eigenvalue weighted by atomic mass is 16.1. The molecule has 0 atom stereocenters.